The SMILES string of the molecule is CCCCCOc1ccc(C(=O)N(CCN(C)C)c2nc3c(C)c(C)ccc3s2)cc1. The van der Waals surface area contributed by atoms with E-state index in [4.69, 9.17) is 9.72 Å². The molecule has 31 heavy (non-hydrogen) atoms. The van der Waals surface area contributed by atoms with Crippen LogP contribution < -0.4 is 9.64 Å². The lowest BCUT2D eigenvalue weighted by atomic mass is 10.1. The molecule has 0 aliphatic carbocycles. The standard InChI is InChI=1S/C25H33N3O2S/c1-6-7-8-17-30-21-12-10-20(11-13-21)24(29)28(16-15-27(4)5)25-26-23-19(3)18(2)9-14-22(23)31-25/h9-14H,6-8,15-17H2,1-5H3. The minimum Gasteiger partial charge on any atom is -0.494 e. The Labute approximate surface area is 189 Å². The van der Waals surface area contributed by atoms with Crippen molar-refractivity contribution in [3.63, 3.8) is 0 Å². The Hall–Kier alpha value is -2.44. The maximum Gasteiger partial charge on any atom is 0.260 e. The summed E-state index contributed by atoms with van der Waals surface area (Å²) in [5, 5.41) is 0.746. The molecule has 0 aliphatic rings. The fourth-order valence-electron chi connectivity index (χ4n) is 3.31. The third-order valence-electron chi connectivity index (χ3n) is 5.44. The number of carbonyl (C=O) groups is 1. The van der Waals surface area contributed by atoms with E-state index in [1.807, 2.05) is 38.4 Å². The van der Waals surface area contributed by atoms with Gasteiger partial charge >= 0.3 is 0 Å². The van der Waals surface area contributed by atoms with Gasteiger partial charge in [0.2, 0.25) is 0 Å². The van der Waals surface area contributed by atoms with E-state index in [0.717, 1.165) is 34.1 Å². The number of unbranched alkanes of at least 4 members (excludes halogenated alkanes) is 2. The first-order valence-corrected chi connectivity index (χ1v) is 11.8. The Morgan fingerprint density at radius 1 is 1.03 bits per heavy atom. The minimum atomic E-state index is -0.0344. The average Bonchev–Trinajstić information content (AvgIpc) is 3.19. The molecular weight excluding hydrogens is 406 g/mol. The summed E-state index contributed by atoms with van der Waals surface area (Å²) >= 11 is 1.57. The van der Waals surface area contributed by atoms with E-state index < -0.39 is 0 Å². The molecule has 2 aromatic carbocycles. The number of hydrogen-bond acceptors (Lipinski definition) is 5. The van der Waals surface area contributed by atoms with E-state index in [0.29, 0.717) is 18.7 Å². The van der Waals surface area contributed by atoms with Crippen LogP contribution in [0.25, 0.3) is 10.2 Å². The van der Waals surface area contributed by atoms with Gasteiger partial charge in [0.1, 0.15) is 5.75 Å². The molecule has 5 nitrogen and oxygen atoms in total. The second kappa shape index (κ2) is 10.7. The number of amides is 1. The van der Waals surface area contributed by atoms with E-state index in [9.17, 15) is 4.79 Å². The molecule has 0 spiro atoms. The molecule has 0 radical (unpaired) electrons. The molecule has 6 heteroatoms. The molecular formula is C25H33N3O2S. The number of aromatic nitrogens is 1. The number of likely N-dealkylation sites (N-methyl/N-ethyl adjacent to an activating group) is 1. The molecule has 1 amide bonds. The van der Waals surface area contributed by atoms with Gasteiger partial charge in [-0.15, -0.1) is 0 Å². The van der Waals surface area contributed by atoms with Crippen LogP contribution in [0.1, 0.15) is 47.7 Å². The molecule has 0 aliphatic heterocycles. The van der Waals surface area contributed by atoms with Crippen LogP contribution in [0.5, 0.6) is 5.75 Å². The lowest BCUT2D eigenvalue weighted by Gasteiger charge is -2.22. The molecule has 0 saturated carbocycles. The molecule has 1 heterocycles. The highest BCUT2D eigenvalue weighted by Gasteiger charge is 2.22. The summed E-state index contributed by atoms with van der Waals surface area (Å²) in [5.74, 6) is 0.770. The van der Waals surface area contributed by atoms with Crippen molar-refractivity contribution in [1.82, 2.24) is 9.88 Å². The number of aryl methyl sites for hydroxylation is 2. The number of rotatable bonds is 10. The van der Waals surface area contributed by atoms with Crippen molar-refractivity contribution < 1.29 is 9.53 Å². The van der Waals surface area contributed by atoms with Crippen molar-refractivity contribution in [3.05, 3.63) is 53.1 Å². The quantitative estimate of drug-likeness (QED) is 0.381. The normalized spacial score (nSPS) is 11.3. The molecule has 0 saturated heterocycles. The van der Waals surface area contributed by atoms with Gasteiger partial charge in [0, 0.05) is 18.7 Å². The monoisotopic (exact) mass is 439 g/mol. The van der Waals surface area contributed by atoms with Crippen LogP contribution in [0.15, 0.2) is 36.4 Å². The van der Waals surface area contributed by atoms with Crippen LogP contribution in [0, 0.1) is 13.8 Å². The highest BCUT2D eigenvalue weighted by atomic mass is 32.1. The summed E-state index contributed by atoms with van der Waals surface area (Å²) in [6.07, 6.45) is 3.38. The van der Waals surface area contributed by atoms with Crippen LogP contribution in [-0.4, -0.2) is 49.6 Å². The predicted octanol–water partition coefficient (Wildman–Crippen LogP) is 5.69. The molecule has 166 valence electrons. The van der Waals surface area contributed by atoms with Gasteiger partial charge in [0.05, 0.1) is 16.8 Å². The number of fused-ring (bicyclic) bond motifs is 1. The summed E-state index contributed by atoms with van der Waals surface area (Å²) in [6, 6.07) is 11.7. The molecule has 0 fully saturated rings. The van der Waals surface area contributed by atoms with Crippen molar-refractivity contribution in [2.45, 2.75) is 40.0 Å². The van der Waals surface area contributed by atoms with Gasteiger partial charge in [-0.3, -0.25) is 9.69 Å². The third kappa shape index (κ3) is 5.83. The predicted molar refractivity (Wildman–Crippen MR) is 131 cm³/mol. The Kier molecular flexibility index (Phi) is 8.04. The smallest absolute Gasteiger partial charge is 0.260 e. The molecule has 1 aromatic heterocycles. The van der Waals surface area contributed by atoms with Gasteiger partial charge in [0.25, 0.3) is 5.91 Å². The van der Waals surface area contributed by atoms with Crippen molar-refractivity contribution in [2.75, 3.05) is 38.7 Å². The number of hydrogen-bond donors (Lipinski definition) is 0. The van der Waals surface area contributed by atoms with E-state index in [1.54, 1.807) is 16.2 Å². The Morgan fingerprint density at radius 3 is 2.45 bits per heavy atom. The second-order valence-corrected chi connectivity index (χ2v) is 9.20. The highest BCUT2D eigenvalue weighted by molar-refractivity contribution is 7.22. The molecule has 0 N–H and O–H groups in total. The molecule has 0 unspecified atom stereocenters. The second-order valence-electron chi connectivity index (χ2n) is 8.19. The molecule has 0 bridgehead atoms. The van der Waals surface area contributed by atoms with Crippen LogP contribution in [0.2, 0.25) is 0 Å². The fraction of sp³-hybridized carbons (Fsp3) is 0.440. The van der Waals surface area contributed by atoms with Gasteiger partial charge in [-0.05, 0) is 75.8 Å². The summed E-state index contributed by atoms with van der Waals surface area (Å²) in [6.45, 7) is 8.41. The summed E-state index contributed by atoms with van der Waals surface area (Å²) in [4.78, 5) is 22.2. The van der Waals surface area contributed by atoms with Crippen LogP contribution >= 0.6 is 11.3 Å². The maximum atomic E-state index is 13.4. The number of carbonyl (C=O) groups excluding carboxylic acids is 1. The Morgan fingerprint density at radius 2 is 1.77 bits per heavy atom. The van der Waals surface area contributed by atoms with Crippen LogP contribution in [-0.2, 0) is 0 Å². The number of nitrogens with zero attached hydrogens (tertiary/aromatic N) is 3. The van der Waals surface area contributed by atoms with E-state index in [2.05, 4.69) is 37.8 Å². The Balaban J connectivity index is 1.83. The van der Waals surface area contributed by atoms with Gasteiger partial charge in [0.15, 0.2) is 5.13 Å². The number of anilines is 1. The fourth-order valence-corrected chi connectivity index (χ4v) is 4.35. The van der Waals surface area contributed by atoms with E-state index >= 15 is 0 Å². The van der Waals surface area contributed by atoms with Crippen molar-refractivity contribution in [2.24, 2.45) is 0 Å². The first kappa shape index (κ1) is 23.2. The van der Waals surface area contributed by atoms with Crippen LogP contribution in [0.4, 0.5) is 5.13 Å². The zero-order chi connectivity index (χ0) is 22.4. The zero-order valence-corrected chi connectivity index (χ0v) is 20.1. The number of ether oxygens (including phenoxy) is 1. The lowest BCUT2D eigenvalue weighted by Crippen LogP contribution is -2.36. The molecule has 3 rings (SSSR count). The first-order valence-electron chi connectivity index (χ1n) is 11.0. The van der Waals surface area contributed by atoms with E-state index in [1.165, 1.54) is 24.0 Å². The van der Waals surface area contributed by atoms with Crippen molar-refractivity contribution in [1.29, 1.82) is 0 Å². The van der Waals surface area contributed by atoms with Crippen molar-refractivity contribution in [3.8, 4) is 5.75 Å². The third-order valence-corrected chi connectivity index (χ3v) is 6.48. The average molecular weight is 440 g/mol. The van der Waals surface area contributed by atoms with E-state index in [-0.39, 0.29) is 5.91 Å². The first-order chi connectivity index (χ1) is 14.9. The van der Waals surface area contributed by atoms with Gasteiger partial charge in [-0.2, -0.15) is 0 Å². The van der Waals surface area contributed by atoms with Gasteiger partial charge in [-0.25, -0.2) is 4.98 Å². The summed E-state index contributed by atoms with van der Waals surface area (Å²) < 4.78 is 6.90. The zero-order valence-electron chi connectivity index (χ0n) is 19.3. The van der Waals surface area contributed by atoms with Gasteiger partial charge in [-0.1, -0.05) is 37.2 Å². The van der Waals surface area contributed by atoms with Gasteiger partial charge < -0.3 is 9.64 Å². The minimum absolute atomic E-state index is 0.0344. The van der Waals surface area contributed by atoms with Crippen LogP contribution in [0.3, 0.4) is 0 Å². The maximum absolute atomic E-state index is 13.4. The highest BCUT2D eigenvalue weighted by Crippen LogP contribution is 2.32. The number of benzene rings is 2. The molecule has 3 aromatic rings. The number of thiazole rings is 1. The Bertz CT molecular complexity index is 1010. The van der Waals surface area contributed by atoms with Crippen molar-refractivity contribution >= 4 is 32.6 Å². The topological polar surface area (TPSA) is 45.7 Å². The lowest BCUT2D eigenvalue weighted by molar-refractivity contribution is 0.0985. The summed E-state index contributed by atoms with van der Waals surface area (Å²) in [7, 11) is 4.03. The largest absolute Gasteiger partial charge is 0.494 e. The molecule has 0 atom stereocenters. The summed E-state index contributed by atoms with van der Waals surface area (Å²) in [5.41, 5.74) is 4.01.